The minimum atomic E-state index is -1.01. The van der Waals surface area contributed by atoms with E-state index in [1.807, 2.05) is 30.3 Å². The van der Waals surface area contributed by atoms with Crippen molar-refractivity contribution < 1.29 is 19.2 Å². The highest BCUT2D eigenvalue weighted by Crippen LogP contribution is 2.31. The van der Waals surface area contributed by atoms with E-state index < -0.39 is 22.9 Å². The van der Waals surface area contributed by atoms with Crippen LogP contribution in [0.2, 0.25) is 0 Å². The van der Waals surface area contributed by atoms with Crippen LogP contribution in [0.1, 0.15) is 35.7 Å². The van der Waals surface area contributed by atoms with Gasteiger partial charge in [-0.1, -0.05) is 30.3 Å². The van der Waals surface area contributed by atoms with E-state index in [0.29, 0.717) is 18.7 Å². The third-order valence-corrected chi connectivity index (χ3v) is 4.58. The topological polar surface area (TPSA) is 111 Å². The minimum absolute atomic E-state index is 0.0296. The first-order valence-electron chi connectivity index (χ1n) is 9.51. The summed E-state index contributed by atoms with van der Waals surface area (Å²) < 4.78 is 5.18. The van der Waals surface area contributed by atoms with Gasteiger partial charge >= 0.3 is 5.97 Å². The molecule has 1 aliphatic carbocycles. The number of esters is 1. The highest BCUT2D eigenvalue weighted by atomic mass is 16.6. The van der Waals surface area contributed by atoms with E-state index in [2.05, 4.69) is 10.6 Å². The van der Waals surface area contributed by atoms with Gasteiger partial charge < -0.3 is 15.4 Å². The van der Waals surface area contributed by atoms with Gasteiger partial charge in [-0.2, -0.15) is 0 Å². The maximum absolute atomic E-state index is 12.3. The molecular formula is C21H23N3O5. The fourth-order valence-electron chi connectivity index (χ4n) is 2.78. The zero-order valence-electron chi connectivity index (χ0n) is 16.1. The van der Waals surface area contributed by atoms with Crippen LogP contribution in [0, 0.1) is 10.1 Å². The van der Waals surface area contributed by atoms with Gasteiger partial charge in [0.1, 0.15) is 5.69 Å². The van der Waals surface area contributed by atoms with Gasteiger partial charge in [0.05, 0.1) is 10.5 Å². The molecule has 0 aromatic heterocycles. The molecule has 1 amide bonds. The van der Waals surface area contributed by atoms with Crippen LogP contribution in [-0.4, -0.2) is 35.5 Å². The molecule has 0 radical (unpaired) electrons. The number of nitrogens with zero attached hydrogens (tertiary/aromatic N) is 1. The molecule has 152 valence electrons. The quantitative estimate of drug-likeness (QED) is 0.382. The van der Waals surface area contributed by atoms with Crippen LogP contribution in [-0.2, 0) is 16.0 Å². The zero-order chi connectivity index (χ0) is 20.8. The molecule has 8 heteroatoms. The Morgan fingerprint density at radius 1 is 1.21 bits per heavy atom. The van der Waals surface area contributed by atoms with Crippen molar-refractivity contribution in [2.24, 2.45) is 0 Å². The molecule has 2 aromatic rings. The number of carbonyl (C=O) groups excluding carboxylic acids is 2. The molecule has 1 aliphatic rings. The summed E-state index contributed by atoms with van der Waals surface area (Å²) in [5.41, 5.74) is 1.30. The molecule has 0 unspecified atom stereocenters. The van der Waals surface area contributed by atoms with Gasteiger partial charge in [0.15, 0.2) is 6.10 Å². The van der Waals surface area contributed by atoms with Crippen molar-refractivity contribution in [1.29, 1.82) is 0 Å². The minimum Gasteiger partial charge on any atom is -0.449 e. The van der Waals surface area contributed by atoms with E-state index in [-0.39, 0.29) is 17.3 Å². The third-order valence-electron chi connectivity index (χ3n) is 4.58. The van der Waals surface area contributed by atoms with E-state index in [4.69, 9.17) is 4.74 Å². The average molecular weight is 397 g/mol. The molecule has 0 saturated heterocycles. The molecule has 3 rings (SSSR count). The summed E-state index contributed by atoms with van der Waals surface area (Å²) in [6.45, 7) is 1.88. The summed E-state index contributed by atoms with van der Waals surface area (Å²) in [6.07, 6.45) is 1.59. The number of benzene rings is 2. The highest BCUT2D eigenvalue weighted by Gasteiger charge is 2.26. The number of ether oxygens (including phenoxy) is 1. The lowest BCUT2D eigenvalue weighted by atomic mass is 10.1. The number of nitrogens with one attached hydrogen (secondary N) is 2. The van der Waals surface area contributed by atoms with Gasteiger partial charge in [-0.3, -0.25) is 14.9 Å². The predicted molar refractivity (Wildman–Crippen MR) is 108 cm³/mol. The number of carbonyl (C=O) groups is 2. The summed E-state index contributed by atoms with van der Waals surface area (Å²) in [6, 6.07) is 14.1. The molecular weight excluding hydrogens is 374 g/mol. The Bertz CT molecular complexity index is 896. The molecule has 2 aromatic carbocycles. The van der Waals surface area contributed by atoms with Crippen molar-refractivity contribution in [2.75, 3.05) is 11.9 Å². The predicted octanol–water partition coefficient (Wildman–Crippen LogP) is 3.07. The molecule has 1 atom stereocenters. The van der Waals surface area contributed by atoms with Crippen LogP contribution in [0.5, 0.6) is 0 Å². The number of nitro benzene ring substituents is 1. The monoisotopic (exact) mass is 397 g/mol. The summed E-state index contributed by atoms with van der Waals surface area (Å²) in [5.74, 6) is -1.20. The Labute approximate surface area is 168 Å². The fraction of sp³-hybridized carbons (Fsp3) is 0.333. The first-order valence-corrected chi connectivity index (χ1v) is 9.51. The number of rotatable bonds is 9. The van der Waals surface area contributed by atoms with Gasteiger partial charge in [0.2, 0.25) is 0 Å². The molecule has 0 heterocycles. The van der Waals surface area contributed by atoms with Crippen molar-refractivity contribution in [3.05, 3.63) is 69.8 Å². The molecule has 0 bridgehead atoms. The van der Waals surface area contributed by atoms with Gasteiger partial charge in [0.25, 0.3) is 11.6 Å². The largest absolute Gasteiger partial charge is 0.449 e. The molecule has 29 heavy (non-hydrogen) atoms. The Kier molecular flexibility index (Phi) is 6.43. The van der Waals surface area contributed by atoms with Gasteiger partial charge in [-0.05, 0) is 43.9 Å². The van der Waals surface area contributed by atoms with Crippen molar-refractivity contribution in [3.8, 4) is 0 Å². The van der Waals surface area contributed by atoms with E-state index in [9.17, 15) is 19.7 Å². The first-order chi connectivity index (χ1) is 13.9. The lowest BCUT2D eigenvalue weighted by Crippen LogP contribution is -2.36. The molecule has 0 spiro atoms. The van der Waals surface area contributed by atoms with Crippen molar-refractivity contribution in [2.45, 2.75) is 38.3 Å². The lowest BCUT2D eigenvalue weighted by Gasteiger charge is -2.14. The smallest absolute Gasteiger partial charge is 0.339 e. The van der Waals surface area contributed by atoms with Crippen LogP contribution in [0.4, 0.5) is 11.4 Å². The normalized spacial score (nSPS) is 14.0. The fourth-order valence-corrected chi connectivity index (χ4v) is 2.78. The standard InChI is InChI=1S/C21H23N3O5/c1-14(20(25)22-12-11-15-5-3-2-4-6-15)29-21(26)16-7-10-18(23-17-8-9-17)19(13-16)24(27)28/h2-7,10,13-14,17,23H,8-9,11-12H2,1H3,(H,22,25)/t14-/m0/s1. The van der Waals surface area contributed by atoms with E-state index in [0.717, 1.165) is 18.4 Å². The second kappa shape index (κ2) is 9.18. The molecule has 0 aliphatic heterocycles. The summed E-state index contributed by atoms with van der Waals surface area (Å²) in [7, 11) is 0. The molecule has 2 N–H and O–H groups in total. The van der Waals surface area contributed by atoms with Gasteiger partial charge in [-0.25, -0.2) is 4.79 Å². The van der Waals surface area contributed by atoms with Crippen LogP contribution in [0.15, 0.2) is 48.5 Å². The van der Waals surface area contributed by atoms with Crippen LogP contribution in [0.25, 0.3) is 0 Å². The highest BCUT2D eigenvalue weighted by molar-refractivity contribution is 5.93. The lowest BCUT2D eigenvalue weighted by molar-refractivity contribution is -0.384. The maximum Gasteiger partial charge on any atom is 0.339 e. The SMILES string of the molecule is C[C@H](OC(=O)c1ccc(NC2CC2)c([N+](=O)[O-])c1)C(=O)NCCc1ccccc1. The number of hydrogen-bond donors (Lipinski definition) is 2. The van der Waals surface area contributed by atoms with Crippen LogP contribution < -0.4 is 10.6 Å². The Morgan fingerprint density at radius 3 is 2.59 bits per heavy atom. The van der Waals surface area contributed by atoms with E-state index >= 15 is 0 Å². The number of hydrogen-bond acceptors (Lipinski definition) is 6. The van der Waals surface area contributed by atoms with Crippen molar-refractivity contribution in [1.82, 2.24) is 5.32 Å². The molecule has 8 nitrogen and oxygen atoms in total. The summed E-state index contributed by atoms with van der Waals surface area (Å²) in [5, 5.41) is 17.1. The zero-order valence-corrected chi connectivity index (χ0v) is 16.1. The van der Waals surface area contributed by atoms with Gasteiger partial charge in [-0.15, -0.1) is 0 Å². The Morgan fingerprint density at radius 2 is 1.93 bits per heavy atom. The number of nitro groups is 1. The maximum atomic E-state index is 12.3. The van der Waals surface area contributed by atoms with E-state index in [1.165, 1.54) is 25.1 Å². The second-order valence-electron chi connectivity index (χ2n) is 6.98. The van der Waals surface area contributed by atoms with Crippen molar-refractivity contribution >= 4 is 23.3 Å². The molecule has 1 saturated carbocycles. The number of anilines is 1. The first kappa shape index (κ1) is 20.3. The van der Waals surface area contributed by atoms with Gasteiger partial charge in [0, 0.05) is 18.7 Å². The third kappa shape index (κ3) is 5.78. The van der Waals surface area contributed by atoms with Crippen LogP contribution >= 0.6 is 0 Å². The molecule has 1 fully saturated rings. The summed E-state index contributed by atoms with van der Waals surface area (Å²) in [4.78, 5) is 35.3. The second-order valence-corrected chi connectivity index (χ2v) is 6.98. The average Bonchev–Trinajstić information content (AvgIpc) is 3.52. The van der Waals surface area contributed by atoms with Crippen molar-refractivity contribution in [3.63, 3.8) is 0 Å². The Hall–Kier alpha value is -3.42. The summed E-state index contributed by atoms with van der Waals surface area (Å²) >= 11 is 0. The Balaban J connectivity index is 1.54. The van der Waals surface area contributed by atoms with E-state index in [1.54, 1.807) is 0 Å². The number of amides is 1. The van der Waals surface area contributed by atoms with Crippen LogP contribution in [0.3, 0.4) is 0 Å².